The van der Waals surface area contributed by atoms with E-state index in [-0.39, 0.29) is 12.4 Å². The Morgan fingerprint density at radius 2 is 1.68 bits per heavy atom. The van der Waals surface area contributed by atoms with Crippen molar-refractivity contribution in [3.8, 4) is 0 Å². The number of benzene rings is 2. The summed E-state index contributed by atoms with van der Waals surface area (Å²) in [7, 11) is -1.41. The van der Waals surface area contributed by atoms with E-state index in [1.807, 2.05) is 18.2 Å². The Balaban J connectivity index is 0.00000182. The molecule has 4 rings (SSSR count). The lowest BCUT2D eigenvalue weighted by Gasteiger charge is -2.06. The maximum Gasteiger partial charge on any atom is 0.206 e. The van der Waals surface area contributed by atoms with Gasteiger partial charge in [0.15, 0.2) is 0 Å². The summed E-state index contributed by atoms with van der Waals surface area (Å²) in [5.74, 6) is 0. The van der Waals surface area contributed by atoms with Gasteiger partial charge in [-0.1, -0.05) is 18.2 Å². The van der Waals surface area contributed by atoms with Crippen LogP contribution in [0.15, 0.2) is 58.3 Å². The average molecular weight is 377 g/mol. The molecule has 0 aliphatic carbocycles. The second kappa shape index (κ2) is 6.83. The molecular weight excluding hydrogens is 356 g/mol. The molecule has 6 heteroatoms. The van der Waals surface area contributed by atoms with Crippen molar-refractivity contribution in [1.82, 2.24) is 9.88 Å². The van der Waals surface area contributed by atoms with Crippen molar-refractivity contribution in [2.24, 2.45) is 7.05 Å². The van der Waals surface area contributed by atoms with E-state index in [2.05, 4.69) is 16.9 Å². The van der Waals surface area contributed by atoms with Gasteiger partial charge >= 0.3 is 0 Å². The molecule has 1 aliphatic rings. The Labute approximate surface area is 154 Å². The summed E-state index contributed by atoms with van der Waals surface area (Å²) >= 11 is 0. The van der Waals surface area contributed by atoms with Crippen molar-refractivity contribution < 1.29 is 8.42 Å². The van der Waals surface area contributed by atoms with Crippen LogP contribution in [0.5, 0.6) is 0 Å². The minimum atomic E-state index is -3.48. The molecule has 4 nitrogen and oxygen atoms in total. The van der Waals surface area contributed by atoms with E-state index in [1.165, 1.54) is 11.3 Å². The fourth-order valence-corrected chi connectivity index (χ4v) is 4.91. The molecule has 0 saturated heterocycles. The number of nitrogens with one attached hydrogen (secondary N) is 1. The average Bonchev–Trinajstić information content (AvgIpc) is 2.78. The summed E-state index contributed by atoms with van der Waals surface area (Å²) in [6.45, 7) is 1.90. The lowest BCUT2D eigenvalue weighted by atomic mass is 10.1. The van der Waals surface area contributed by atoms with E-state index < -0.39 is 9.84 Å². The van der Waals surface area contributed by atoms with Gasteiger partial charge in [0, 0.05) is 36.6 Å². The van der Waals surface area contributed by atoms with Gasteiger partial charge in [0.25, 0.3) is 0 Å². The summed E-state index contributed by atoms with van der Waals surface area (Å²) in [4.78, 5) is 0.708. The topological polar surface area (TPSA) is 51.1 Å². The lowest BCUT2D eigenvalue weighted by Crippen LogP contribution is -2.17. The smallest absolute Gasteiger partial charge is 0.206 e. The van der Waals surface area contributed by atoms with Crippen LogP contribution in [0.25, 0.3) is 10.9 Å². The minimum Gasteiger partial charge on any atom is -0.347 e. The summed E-state index contributed by atoms with van der Waals surface area (Å²) in [5, 5.41) is 4.47. The zero-order valence-corrected chi connectivity index (χ0v) is 15.7. The van der Waals surface area contributed by atoms with E-state index in [1.54, 1.807) is 30.3 Å². The Morgan fingerprint density at radius 3 is 2.44 bits per heavy atom. The predicted molar refractivity (Wildman–Crippen MR) is 102 cm³/mol. The third kappa shape index (κ3) is 2.97. The Bertz CT molecular complexity index is 1010. The van der Waals surface area contributed by atoms with Crippen LogP contribution in [0, 0.1) is 0 Å². The van der Waals surface area contributed by atoms with Gasteiger partial charge in [-0.15, -0.1) is 12.4 Å². The van der Waals surface area contributed by atoms with Crippen molar-refractivity contribution in [1.29, 1.82) is 0 Å². The molecule has 0 radical (unpaired) electrons. The molecule has 2 aromatic carbocycles. The number of aromatic nitrogens is 1. The number of hydrogen-bond donors (Lipinski definition) is 1. The van der Waals surface area contributed by atoms with E-state index in [0.29, 0.717) is 9.79 Å². The molecule has 0 bridgehead atoms. The first-order valence-corrected chi connectivity index (χ1v) is 9.68. The molecule has 0 saturated carbocycles. The van der Waals surface area contributed by atoms with Gasteiger partial charge in [0.1, 0.15) is 0 Å². The number of halogens is 1. The highest BCUT2D eigenvalue weighted by Gasteiger charge is 2.21. The second-order valence-electron chi connectivity index (χ2n) is 6.23. The third-order valence-electron chi connectivity index (χ3n) is 4.86. The van der Waals surface area contributed by atoms with Crippen molar-refractivity contribution >= 4 is 33.1 Å². The normalized spacial score (nSPS) is 14.6. The van der Waals surface area contributed by atoms with Gasteiger partial charge < -0.3 is 9.88 Å². The highest BCUT2D eigenvalue weighted by molar-refractivity contribution is 7.91. The Hall–Kier alpha value is -1.82. The predicted octanol–water partition coefficient (Wildman–Crippen LogP) is 3.12. The van der Waals surface area contributed by atoms with Gasteiger partial charge in [0.05, 0.1) is 9.79 Å². The summed E-state index contributed by atoms with van der Waals surface area (Å²) in [5.41, 5.74) is 3.70. The second-order valence-corrected chi connectivity index (χ2v) is 8.18. The van der Waals surface area contributed by atoms with Crippen molar-refractivity contribution in [2.75, 3.05) is 13.1 Å². The van der Waals surface area contributed by atoms with Gasteiger partial charge in [-0.05, 0) is 48.9 Å². The molecule has 132 valence electrons. The number of nitrogens with zero attached hydrogens (tertiary/aromatic N) is 1. The van der Waals surface area contributed by atoms with E-state index in [0.717, 1.165) is 36.8 Å². The molecule has 0 fully saturated rings. The quantitative estimate of drug-likeness (QED) is 0.747. The first kappa shape index (κ1) is 18.0. The monoisotopic (exact) mass is 376 g/mol. The molecule has 0 unspecified atom stereocenters. The number of fused-ring (bicyclic) bond motifs is 3. The minimum absolute atomic E-state index is 0. The molecule has 3 aromatic rings. The molecule has 1 aromatic heterocycles. The molecule has 1 N–H and O–H groups in total. The van der Waals surface area contributed by atoms with E-state index in [4.69, 9.17) is 0 Å². The number of hydrogen-bond acceptors (Lipinski definition) is 3. The Morgan fingerprint density at radius 1 is 0.960 bits per heavy atom. The van der Waals surface area contributed by atoms with Crippen LogP contribution in [-0.4, -0.2) is 26.1 Å². The van der Waals surface area contributed by atoms with Crippen LogP contribution in [0.4, 0.5) is 0 Å². The highest BCUT2D eigenvalue weighted by Crippen LogP contribution is 2.31. The van der Waals surface area contributed by atoms with Crippen molar-refractivity contribution in [2.45, 2.75) is 22.6 Å². The molecule has 0 atom stereocenters. The zero-order chi connectivity index (χ0) is 16.7. The molecule has 25 heavy (non-hydrogen) atoms. The third-order valence-corrected chi connectivity index (χ3v) is 6.63. The van der Waals surface area contributed by atoms with E-state index >= 15 is 0 Å². The first-order valence-electron chi connectivity index (χ1n) is 8.20. The van der Waals surface area contributed by atoms with Crippen molar-refractivity contribution in [3.05, 3.63) is 59.8 Å². The summed E-state index contributed by atoms with van der Waals surface area (Å²) in [6, 6.07) is 14.1. The maximum absolute atomic E-state index is 12.9. The van der Waals surface area contributed by atoms with Crippen molar-refractivity contribution in [3.63, 3.8) is 0 Å². The van der Waals surface area contributed by atoms with E-state index in [9.17, 15) is 8.42 Å². The lowest BCUT2D eigenvalue weighted by molar-refractivity contribution is 0.596. The Kier molecular flexibility index (Phi) is 4.91. The zero-order valence-electron chi connectivity index (χ0n) is 14.0. The van der Waals surface area contributed by atoms with Crippen LogP contribution < -0.4 is 5.32 Å². The largest absolute Gasteiger partial charge is 0.347 e. The number of rotatable bonds is 2. The standard InChI is InChI=1S/C19H20N2O2S.ClH/c1-21-18-8-7-15(24(22,23)14-5-3-2-4-6-14)13-17(18)16-9-11-20-12-10-19(16)21;/h2-8,13,20H,9-12H2,1H3;1H. The van der Waals surface area contributed by atoms with Gasteiger partial charge in [-0.25, -0.2) is 8.42 Å². The van der Waals surface area contributed by atoms with Gasteiger partial charge in [-0.2, -0.15) is 0 Å². The van der Waals surface area contributed by atoms with Crippen LogP contribution >= 0.6 is 12.4 Å². The molecule has 1 aliphatic heterocycles. The first-order chi connectivity index (χ1) is 11.6. The molecule has 0 spiro atoms. The van der Waals surface area contributed by atoms with Crippen LogP contribution in [-0.2, 0) is 29.7 Å². The maximum atomic E-state index is 12.9. The van der Waals surface area contributed by atoms with Crippen LogP contribution in [0.3, 0.4) is 0 Å². The fourth-order valence-electron chi connectivity index (χ4n) is 3.60. The fraction of sp³-hybridized carbons (Fsp3) is 0.263. The van der Waals surface area contributed by atoms with Crippen LogP contribution in [0.2, 0.25) is 0 Å². The molecule has 2 heterocycles. The SMILES string of the molecule is Cl.Cn1c2c(c3cc(S(=O)(=O)c4ccccc4)ccc31)CCNCC2. The number of sulfone groups is 1. The molecule has 0 amide bonds. The van der Waals surface area contributed by atoms with Gasteiger partial charge in [0.2, 0.25) is 9.84 Å². The summed E-state index contributed by atoms with van der Waals surface area (Å²) < 4.78 is 28.0. The van der Waals surface area contributed by atoms with Gasteiger partial charge in [-0.3, -0.25) is 0 Å². The summed E-state index contributed by atoms with van der Waals surface area (Å²) in [6.07, 6.45) is 1.91. The number of aryl methyl sites for hydroxylation is 1. The van der Waals surface area contributed by atoms with Crippen LogP contribution in [0.1, 0.15) is 11.3 Å². The molecular formula is C19H21ClN2O2S. The highest BCUT2D eigenvalue weighted by atomic mass is 35.5.